The van der Waals surface area contributed by atoms with Crippen LogP contribution in [0.2, 0.25) is 0 Å². The number of rotatable bonds is 2. The van der Waals surface area contributed by atoms with Crippen molar-refractivity contribution < 1.29 is 56.1 Å². The number of nitrogens with zero attached hydrogens (tertiary/aromatic N) is 1. The molecule has 0 saturated carbocycles. The number of benzene rings is 1. The van der Waals surface area contributed by atoms with Crippen LogP contribution >= 0.6 is 0 Å². The first-order valence-electron chi connectivity index (χ1n) is 5.78. The van der Waals surface area contributed by atoms with Crippen LogP contribution in [0.25, 0.3) is 0 Å². The summed E-state index contributed by atoms with van der Waals surface area (Å²) in [6.45, 7) is 10.1. The van der Waals surface area contributed by atoms with Crippen LogP contribution in [0.3, 0.4) is 0 Å². The van der Waals surface area contributed by atoms with Gasteiger partial charge in [-0.2, -0.15) is 6.07 Å². The Kier molecular flexibility index (Phi) is 6.41. The molecule has 0 aromatic heterocycles. The van der Waals surface area contributed by atoms with E-state index < -0.39 is 0 Å². The van der Waals surface area contributed by atoms with E-state index in [4.69, 9.17) is 4.74 Å². The molecule has 0 radical (unpaired) electrons. The van der Waals surface area contributed by atoms with Crippen LogP contribution < -0.4 is 56.1 Å². The Morgan fingerprint density at radius 2 is 1.82 bits per heavy atom. The molecule has 0 amide bonds. The third-order valence-corrected chi connectivity index (χ3v) is 3.15. The minimum absolute atomic E-state index is 0. The number of piperidine rings is 1. The van der Waals surface area contributed by atoms with Gasteiger partial charge in [-0.05, 0) is 19.9 Å². The quantitative estimate of drug-likeness (QED) is 0.524. The van der Waals surface area contributed by atoms with E-state index in [1.54, 1.807) is 0 Å². The van der Waals surface area contributed by atoms with Crippen LogP contribution in [0.15, 0.2) is 18.2 Å². The Labute approximate surface area is 147 Å². The smallest absolute Gasteiger partial charge is 0.505 e. The van der Waals surface area contributed by atoms with Crippen molar-refractivity contribution in [3.8, 4) is 5.75 Å². The molecule has 0 spiro atoms. The molecule has 1 aliphatic heterocycles. The van der Waals surface area contributed by atoms with E-state index in [2.05, 4.69) is 25.8 Å². The van der Waals surface area contributed by atoms with E-state index in [0.717, 1.165) is 42.8 Å². The predicted molar refractivity (Wildman–Crippen MR) is 66.5 cm³/mol. The summed E-state index contributed by atoms with van der Waals surface area (Å²) in [6, 6.07) is 5.92. The van der Waals surface area contributed by atoms with Gasteiger partial charge in [0.1, 0.15) is 0 Å². The van der Waals surface area contributed by atoms with Crippen LogP contribution in [0.4, 0.5) is 0 Å². The van der Waals surface area contributed by atoms with Crippen molar-refractivity contribution in [1.29, 1.82) is 0 Å². The maximum absolute atomic E-state index is 5.94. The molecule has 1 aliphatic rings. The molecule has 1 aromatic carbocycles. The van der Waals surface area contributed by atoms with Gasteiger partial charge in [0.2, 0.25) is 0 Å². The van der Waals surface area contributed by atoms with Crippen molar-refractivity contribution in [2.24, 2.45) is 0 Å². The fourth-order valence-electron chi connectivity index (χ4n) is 1.97. The maximum atomic E-state index is 5.94. The largest absolute Gasteiger partial charge is 1.00 e. The summed E-state index contributed by atoms with van der Waals surface area (Å²) in [6.07, 6.45) is 2.57. The van der Waals surface area contributed by atoms with E-state index in [0.29, 0.717) is 6.10 Å². The standard InChI is InChI=1S/C14H19NO.K/c1-11-4-5-14(10-12(11)2)16-13-6-8-15(3)9-7-13;/h4-5,10,13H,1-2,6-9H2,3H3;/q-2;+1. The van der Waals surface area contributed by atoms with Gasteiger partial charge in [0.15, 0.2) is 0 Å². The Morgan fingerprint density at radius 1 is 1.18 bits per heavy atom. The van der Waals surface area contributed by atoms with E-state index >= 15 is 0 Å². The zero-order valence-corrected chi connectivity index (χ0v) is 14.0. The Morgan fingerprint density at radius 3 is 2.41 bits per heavy atom. The summed E-state index contributed by atoms with van der Waals surface area (Å²) in [5, 5.41) is 0. The second-order valence-electron chi connectivity index (χ2n) is 4.55. The molecule has 0 bridgehead atoms. The third kappa shape index (κ3) is 4.50. The molecular formula is C14H19KNO-. The van der Waals surface area contributed by atoms with Gasteiger partial charge >= 0.3 is 51.4 Å². The number of likely N-dealkylation sites (tertiary alicyclic amines) is 1. The van der Waals surface area contributed by atoms with E-state index in [-0.39, 0.29) is 51.4 Å². The SMILES string of the molecule is [CH2-]c1ccc(OC2CCN(C)CC2)cc1[CH2-].[K+]. The van der Waals surface area contributed by atoms with Crippen molar-refractivity contribution in [1.82, 2.24) is 4.90 Å². The molecule has 2 rings (SSSR count). The molecular weight excluding hydrogens is 237 g/mol. The number of ether oxygens (including phenoxy) is 1. The zero-order chi connectivity index (χ0) is 11.5. The number of hydrogen-bond acceptors (Lipinski definition) is 2. The minimum Gasteiger partial charge on any atom is -0.505 e. The van der Waals surface area contributed by atoms with Gasteiger partial charge in [-0.1, -0.05) is 0 Å². The Balaban J connectivity index is 0.00000144. The molecule has 0 atom stereocenters. The molecule has 2 nitrogen and oxygen atoms in total. The molecule has 3 heteroatoms. The first-order valence-corrected chi connectivity index (χ1v) is 5.78. The van der Waals surface area contributed by atoms with Crippen molar-refractivity contribution in [2.75, 3.05) is 20.1 Å². The van der Waals surface area contributed by atoms with Gasteiger partial charge in [-0.25, -0.2) is 6.07 Å². The van der Waals surface area contributed by atoms with Gasteiger partial charge in [0, 0.05) is 18.8 Å². The van der Waals surface area contributed by atoms with Crippen LogP contribution in [0.1, 0.15) is 24.0 Å². The predicted octanol–water partition coefficient (Wildman–Crippen LogP) is -0.472. The van der Waals surface area contributed by atoms with Gasteiger partial charge in [-0.15, -0.1) is 6.07 Å². The second kappa shape index (κ2) is 7.07. The molecule has 1 aromatic rings. The van der Waals surface area contributed by atoms with E-state index in [1.807, 2.05) is 18.2 Å². The van der Waals surface area contributed by atoms with Crippen molar-refractivity contribution in [3.05, 3.63) is 43.2 Å². The second-order valence-corrected chi connectivity index (χ2v) is 4.55. The fourth-order valence-corrected chi connectivity index (χ4v) is 1.97. The molecule has 1 fully saturated rings. The molecule has 17 heavy (non-hydrogen) atoms. The van der Waals surface area contributed by atoms with E-state index in [9.17, 15) is 0 Å². The first-order chi connectivity index (χ1) is 7.65. The summed E-state index contributed by atoms with van der Waals surface area (Å²) < 4.78 is 5.94. The maximum Gasteiger partial charge on any atom is 1.00 e. The molecule has 0 N–H and O–H groups in total. The molecule has 1 saturated heterocycles. The van der Waals surface area contributed by atoms with Crippen LogP contribution in [0.5, 0.6) is 5.75 Å². The summed E-state index contributed by atoms with van der Waals surface area (Å²) in [4.78, 5) is 2.34. The Bertz CT molecular complexity index is 359. The average Bonchev–Trinajstić information content (AvgIpc) is 2.27. The average molecular weight is 256 g/mol. The number of hydrogen-bond donors (Lipinski definition) is 0. The van der Waals surface area contributed by atoms with Gasteiger partial charge in [0.05, 0.1) is 6.10 Å². The summed E-state index contributed by atoms with van der Waals surface area (Å²) >= 11 is 0. The fraction of sp³-hybridized carbons (Fsp3) is 0.429. The normalized spacial score (nSPS) is 17.5. The molecule has 88 valence electrons. The van der Waals surface area contributed by atoms with Crippen LogP contribution in [-0.4, -0.2) is 31.1 Å². The van der Waals surface area contributed by atoms with Crippen LogP contribution in [-0.2, 0) is 0 Å². The molecule has 0 unspecified atom stereocenters. The molecule has 1 heterocycles. The van der Waals surface area contributed by atoms with Crippen molar-refractivity contribution in [2.45, 2.75) is 18.9 Å². The molecule has 0 aliphatic carbocycles. The van der Waals surface area contributed by atoms with Gasteiger partial charge in [-0.3, -0.25) is 25.0 Å². The summed E-state index contributed by atoms with van der Waals surface area (Å²) in [5.41, 5.74) is 1.92. The van der Waals surface area contributed by atoms with Crippen molar-refractivity contribution >= 4 is 0 Å². The van der Waals surface area contributed by atoms with Gasteiger partial charge < -0.3 is 9.64 Å². The Hall–Kier alpha value is 0.356. The van der Waals surface area contributed by atoms with Gasteiger partial charge in [0.25, 0.3) is 0 Å². The zero-order valence-electron chi connectivity index (χ0n) is 10.9. The minimum atomic E-state index is 0. The van der Waals surface area contributed by atoms with E-state index in [1.165, 1.54) is 0 Å². The summed E-state index contributed by atoms with van der Waals surface area (Å²) in [5.74, 6) is 0.923. The topological polar surface area (TPSA) is 12.5 Å². The van der Waals surface area contributed by atoms with Crippen LogP contribution in [0, 0.1) is 13.8 Å². The monoisotopic (exact) mass is 256 g/mol. The summed E-state index contributed by atoms with van der Waals surface area (Å²) in [7, 11) is 2.15. The van der Waals surface area contributed by atoms with Crippen molar-refractivity contribution in [3.63, 3.8) is 0 Å². The third-order valence-electron chi connectivity index (χ3n) is 3.15. The first kappa shape index (κ1) is 15.4.